The number of aliphatic hydroxyl groups excluding tert-OH is 1. The summed E-state index contributed by atoms with van der Waals surface area (Å²) in [6.45, 7) is 2.01. The Morgan fingerprint density at radius 1 is 1.54 bits per heavy atom. The van der Waals surface area contributed by atoms with Gasteiger partial charge in [0.15, 0.2) is 0 Å². The molecule has 0 atom stereocenters. The van der Waals surface area contributed by atoms with Gasteiger partial charge in [-0.15, -0.1) is 11.3 Å². The predicted molar refractivity (Wildman–Crippen MR) is 56.9 cm³/mol. The fourth-order valence-corrected chi connectivity index (χ4v) is 2.45. The maximum Gasteiger partial charge on any atom is 0.0704 e. The van der Waals surface area contributed by atoms with Crippen LogP contribution in [0.15, 0.2) is 17.5 Å². The summed E-state index contributed by atoms with van der Waals surface area (Å²) in [5, 5.41) is 12.4. The van der Waals surface area contributed by atoms with E-state index in [-0.39, 0.29) is 6.61 Å². The van der Waals surface area contributed by atoms with Crippen LogP contribution in [-0.4, -0.2) is 5.11 Å². The molecule has 0 aliphatic carbocycles. The van der Waals surface area contributed by atoms with Gasteiger partial charge in [-0.25, -0.2) is 0 Å². The van der Waals surface area contributed by atoms with Crippen LogP contribution in [0, 0.1) is 6.92 Å². The van der Waals surface area contributed by atoms with Gasteiger partial charge in [-0.2, -0.15) is 0 Å². The zero-order valence-electron chi connectivity index (χ0n) is 7.37. The molecule has 0 bridgehead atoms. The van der Waals surface area contributed by atoms with Crippen molar-refractivity contribution >= 4 is 27.1 Å². The Morgan fingerprint density at radius 3 is 3.00 bits per heavy atom. The first kappa shape index (κ1) is 8.53. The molecule has 0 unspecified atom stereocenters. The average Bonchev–Trinajstić information content (AvgIpc) is 2.53. The van der Waals surface area contributed by atoms with Crippen LogP contribution < -0.4 is 5.73 Å². The van der Waals surface area contributed by atoms with E-state index in [2.05, 4.69) is 6.07 Å². The summed E-state index contributed by atoms with van der Waals surface area (Å²) in [4.78, 5) is 0. The van der Waals surface area contributed by atoms with E-state index in [1.807, 2.05) is 18.4 Å². The zero-order chi connectivity index (χ0) is 9.42. The molecule has 3 heteroatoms. The van der Waals surface area contributed by atoms with Crippen LogP contribution in [0.2, 0.25) is 0 Å². The van der Waals surface area contributed by atoms with Gasteiger partial charge in [0.2, 0.25) is 0 Å². The normalized spacial score (nSPS) is 10.9. The molecule has 1 aromatic heterocycles. The summed E-state index contributed by atoms with van der Waals surface area (Å²) in [6, 6.07) is 3.99. The van der Waals surface area contributed by atoms with E-state index in [4.69, 9.17) is 10.8 Å². The minimum absolute atomic E-state index is 0.0173. The van der Waals surface area contributed by atoms with Crippen molar-refractivity contribution in [3.05, 3.63) is 28.6 Å². The molecule has 1 aromatic carbocycles. The second-order valence-corrected chi connectivity index (χ2v) is 4.01. The summed E-state index contributed by atoms with van der Waals surface area (Å²) in [5.74, 6) is 0. The molecule has 2 nitrogen and oxygen atoms in total. The van der Waals surface area contributed by atoms with Gasteiger partial charge in [0.1, 0.15) is 0 Å². The fourth-order valence-electron chi connectivity index (χ4n) is 1.56. The third kappa shape index (κ3) is 1.20. The van der Waals surface area contributed by atoms with Crippen molar-refractivity contribution in [3.63, 3.8) is 0 Å². The predicted octanol–water partition coefficient (Wildman–Crippen LogP) is 2.28. The molecule has 0 radical (unpaired) electrons. The fraction of sp³-hybridized carbons (Fsp3) is 0.200. The smallest absolute Gasteiger partial charge is 0.0704 e. The number of anilines is 1. The van der Waals surface area contributed by atoms with Crippen molar-refractivity contribution in [1.29, 1.82) is 0 Å². The molecule has 1 heterocycles. The SMILES string of the molecule is Cc1c(CO)c(N)cc2sccc12. The lowest BCUT2D eigenvalue weighted by molar-refractivity contribution is 0.282. The lowest BCUT2D eigenvalue weighted by Gasteiger charge is -2.07. The Morgan fingerprint density at radius 2 is 2.31 bits per heavy atom. The van der Waals surface area contributed by atoms with E-state index in [0.29, 0.717) is 5.69 Å². The van der Waals surface area contributed by atoms with Gasteiger partial charge in [-0.1, -0.05) is 0 Å². The van der Waals surface area contributed by atoms with Crippen molar-refractivity contribution in [3.8, 4) is 0 Å². The molecule has 0 amide bonds. The quantitative estimate of drug-likeness (QED) is 0.682. The van der Waals surface area contributed by atoms with Gasteiger partial charge < -0.3 is 10.8 Å². The molecule has 0 saturated carbocycles. The molecule has 2 aromatic rings. The van der Waals surface area contributed by atoms with Gasteiger partial charge in [-0.05, 0) is 35.4 Å². The number of hydrogen-bond acceptors (Lipinski definition) is 3. The number of hydrogen-bond donors (Lipinski definition) is 2. The Hall–Kier alpha value is -1.06. The van der Waals surface area contributed by atoms with Gasteiger partial charge in [0, 0.05) is 16.0 Å². The Kier molecular flexibility index (Phi) is 1.98. The minimum Gasteiger partial charge on any atom is -0.398 e. The van der Waals surface area contributed by atoms with Gasteiger partial charge in [0.25, 0.3) is 0 Å². The molecule has 68 valence electrons. The highest BCUT2D eigenvalue weighted by atomic mass is 32.1. The number of aryl methyl sites for hydroxylation is 1. The summed E-state index contributed by atoms with van der Waals surface area (Å²) < 4.78 is 1.19. The van der Waals surface area contributed by atoms with Crippen molar-refractivity contribution in [2.45, 2.75) is 13.5 Å². The van der Waals surface area contributed by atoms with E-state index in [0.717, 1.165) is 11.1 Å². The highest BCUT2D eigenvalue weighted by Gasteiger charge is 2.07. The third-order valence-electron chi connectivity index (χ3n) is 2.35. The topological polar surface area (TPSA) is 46.2 Å². The molecule has 0 fully saturated rings. The van der Waals surface area contributed by atoms with E-state index >= 15 is 0 Å². The standard InChI is InChI=1S/C10H11NOS/c1-6-7-2-3-13-10(7)4-9(11)8(6)5-12/h2-4,12H,5,11H2,1H3. The molecular weight excluding hydrogens is 182 g/mol. The number of aliphatic hydroxyl groups is 1. The molecule has 2 rings (SSSR count). The molecule has 0 aliphatic heterocycles. The van der Waals surface area contributed by atoms with Crippen LogP contribution in [0.5, 0.6) is 0 Å². The van der Waals surface area contributed by atoms with E-state index in [1.165, 1.54) is 10.1 Å². The summed E-state index contributed by atoms with van der Waals surface area (Å²) >= 11 is 1.67. The van der Waals surface area contributed by atoms with Crippen LogP contribution in [0.1, 0.15) is 11.1 Å². The number of benzene rings is 1. The number of nitrogen functional groups attached to an aromatic ring is 1. The molecule has 13 heavy (non-hydrogen) atoms. The number of nitrogens with two attached hydrogens (primary N) is 1. The summed E-state index contributed by atoms with van der Waals surface area (Å²) in [5.41, 5.74) is 8.44. The van der Waals surface area contributed by atoms with Crippen LogP contribution in [0.4, 0.5) is 5.69 Å². The van der Waals surface area contributed by atoms with Crippen molar-refractivity contribution in [2.24, 2.45) is 0 Å². The van der Waals surface area contributed by atoms with E-state index < -0.39 is 0 Å². The minimum atomic E-state index is 0.0173. The van der Waals surface area contributed by atoms with Crippen molar-refractivity contribution in [2.75, 3.05) is 5.73 Å². The van der Waals surface area contributed by atoms with Crippen LogP contribution >= 0.6 is 11.3 Å². The van der Waals surface area contributed by atoms with Crippen molar-refractivity contribution in [1.82, 2.24) is 0 Å². The number of thiophene rings is 1. The lowest BCUT2D eigenvalue weighted by atomic mass is 10.0. The second kappa shape index (κ2) is 3.01. The van der Waals surface area contributed by atoms with Gasteiger partial charge in [-0.3, -0.25) is 0 Å². The van der Waals surface area contributed by atoms with Crippen LogP contribution in [0.25, 0.3) is 10.1 Å². The molecule has 0 aliphatic rings. The maximum absolute atomic E-state index is 9.12. The monoisotopic (exact) mass is 193 g/mol. The lowest BCUT2D eigenvalue weighted by Crippen LogP contribution is -1.97. The average molecular weight is 193 g/mol. The first-order chi connectivity index (χ1) is 6.24. The maximum atomic E-state index is 9.12. The summed E-state index contributed by atoms with van der Waals surface area (Å²) in [7, 11) is 0. The summed E-state index contributed by atoms with van der Waals surface area (Å²) in [6.07, 6.45) is 0. The van der Waals surface area contributed by atoms with Crippen LogP contribution in [-0.2, 0) is 6.61 Å². The molecular formula is C10H11NOS. The van der Waals surface area contributed by atoms with Crippen LogP contribution in [0.3, 0.4) is 0 Å². The second-order valence-electron chi connectivity index (χ2n) is 3.06. The molecule has 3 N–H and O–H groups in total. The third-order valence-corrected chi connectivity index (χ3v) is 3.21. The number of fused-ring (bicyclic) bond motifs is 1. The highest BCUT2D eigenvalue weighted by Crippen LogP contribution is 2.30. The Balaban J connectivity index is 2.85. The van der Waals surface area contributed by atoms with Crippen molar-refractivity contribution < 1.29 is 5.11 Å². The van der Waals surface area contributed by atoms with E-state index in [1.54, 1.807) is 11.3 Å². The number of rotatable bonds is 1. The first-order valence-electron chi connectivity index (χ1n) is 4.10. The Bertz CT molecular complexity index is 447. The highest BCUT2D eigenvalue weighted by molar-refractivity contribution is 7.17. The molecule has 0 saturated heterocycles. The zero-order valence-corrected chi connectivity index (χ0v) is 8.19. The Labute approximate surface area is 80.6 Å². The first-order valence-corrected chi connectivity index (χ1v) is 4.98. The van der Waals surface area contributed by atoms with Gasteiger partial charge in [0.05, 0.1) is 6.61 Å². The largest absolute Gasteiger partial charge is 0.398 e. The van der Waals surface area contributed by atoms with E-state index in [9.17, 15) is 0 Å². The van der Waals surface area contributed by atoms with Gasteiger partial charge >= 0.3 is 0 Å². The molecule has 0 spiro atoms.